The van der Waals surface area contributed by atoms with E-state index < -0.39 is 11.5 Å². The van der Waals surface area contributed by atoms with Crippen LogP contribution in [0.3, 0.4) is 0 Å². The van der Waals surface area contributed by atoms with Gasteiger partial charge in [0.15, 0.2) is 0 Å². The normalized spacial score (nSPS) is 24.7. The maximum absolute atomic E-state index is 12.7. The predicted molar refractivity (Wildman–Crippen MR) is 92.3 cm³/mol. The molecule has 3 fully saturated rings. The third-order valence-corrected chi connectivity index (χ3v) is 5.58. The highest BCUT2D eigenvalue weighted by molar-refractivity contribution is 5.87. The fourth-order valence-electron chi connectivity index (χ4n) is 4.20. The zero-order valence-electron chi connectivity index (χ0n) is 14.8. The average molecular weight is 360 g/mol. The number of carbonyl (C=O) groups excluding carboxylic acids is 2. The number of carbonyl (C=O) groups is 2. The van der Waals surface area contributed by atoms with E-state index in [9.17, 15) is 9.59 Å². The monoisotopic (exact) mass is 360 g/mol. The number of anilines is 1. The lowest BCUT2D eigenvalue weighted by molar-refractivity contribution is -0.150. The van der Waals surface area contributed by atoms with Crippen LogP contribution >= 0.6 is 0 Å². The van der Waals surface area contributed by atoms with Gasteiger partial charge < -0.3 is 19.7 Å². The van der Waals surface area contributed by atoms with Crippen molar-refractivity contribution in [2.75, 3.05) is 31.2 Å². The van der Waals surface area contributed by atoms with Gasteiger partial charge in [-0.05, 0) is 25.7 Å². The van der Waals surface area contributed by atoms with Crippen molar-refractivity contribution in [2.45, 2.75) is 44.2 Å². The lowest BCUT2D eigenvalue weighted by Crippen LogP contribution is -2.42. The van der Waals surface area contributed by atoms with E-state index >= 15 is 0 Å². The quantitative estimate of drug-likeness (QED) is 0.794. The van der Waals surface area contributed by atoms with Gasteiger partial charge in [0, 0.05) is 19.2 Å². The van der Waals surface area contributed by atoms with Crippen molar-refractivity contribution in [3.8, 4) is 0 Å². The van der Waals surface area contributed by atoms with Gasteiger partial charge >= 0.3 is 5.97 Å². The number of nitrogens with one attached hydrogen (secondary N) is 1. The molecular formula is C18H24N4O4. The molecule has 4 rings (SSSR count). The molecule has 1 unspecified atom stereocenters. The lowest BCUT2D eigenvalue weighted by Gasteiger charge is -2.28. The molecule has 2 aliphatic heterocycles. The Hall–Kier alpha value is -2.22. The van der Waals surface area contributed by atoms with Crippen LogP contribution < -0.4 is 10.2 Å². The first-order valence-corrected chi connectivity index (χ1v) is 9.29. The lowest BCUT2D eigenvalue weighted by atomic mass is 9.85. The van der Waals surface area contributed by atoms with Gasteiger partial charge in [0.1, 0.15) is 17.7 Å². The van der Waals surface area contributed by atoms with Gasteiger partial charge in [0.25, 0.3) is 0 Å². The van der Waals surface area contributed by atoms with Crippen molar-refractivity contribution in [1.82, 2.24) is 15.3 Å². The summed E-state index contributed by atoms with van der Waals surface area (Å²) in [6.45, 7) is 3.29. The fraction of sp³-hybridized carbons (Fsp3) is 0.667. The smallest absolute Gasteiger partial charge is 0.307 e. The summed E-state index contributed by atoms with van der Waals surface area (Å²) >= 11 is 0. The van der Waals surface area contributed by atoms with Crippen LogP contribution in [0.25, 0.3) is 0 Å². The first kappa shape index (κ1) is 17.2. The van der Waals surface area contributed by atoms with Crippen molar-refractivity contribution in [2.24, 2.45) is 5.92 Å². The number of morpholine rings is 1. The van der Waals surface area contributed by atoms with Crippen LogP contribution in [-0.2, 0) is 25.6 Å². The van der Waals surface area contributed by atoms with Crippen LogP contribution in [0.4, 0.5) is 5.82 Å². The minimum Gasteiger partial charge on any atom is -0.458 e. The van der Waals surface area contributed by atoms with E-state index in [0.29, 0.717) is 19.8 Å². The van der Waals surface area contributed by atoms with E-state index in [-0.39, 0.29) is 18.3 Å². The van der Waals surface area contributed by atoms with Crippen LogP contribution in [-0.4, -0.2) is 53.7 Å². The molecule has 1 N–H and O–H groups in total. The van der Waals surface area contributed by atoms with Gasteiger partial charge in [0.2, 0.25) is 5.91 Å². The summed E-state index contributed by atoms with van der Waals surface area (Å²) in [4.78, 5) is 35.2. The van der Waals surface area contributed by atoms with Gasteiger partial charge in [-0.15, -0.1) is 0 Å². The van der Waals surface area contributed by atoms with Crippen molar-refractivity contribution in [1.29, 1.82) is 0 Å². The molecule has 3 aliphatic rings. The minimum absolute atomic E-state index is 0.121. The molecule has 1 aromatic rings. The van der Waals surface area contributed by atoms with Crippen molar-refractivity contribution in [3.05, 3.63) is 18.1 Å². The highest BCUT2D eigenvalue weighted by Crippen LogP contribution is 2.45. The number of hydrogen-bond acceptors (Lipinski definition) is 7. The first-order valence-electron chi connectivity index (χ1n) is 9.29. The average Bonchev–Trinajstić information content (AvgIpc) is 3.27. The van der Waals surface area contributed by atoms with E-state index in [2.05, 4.69) is 20.2 Å². The molecule has 1 atom stereocenters. The molecule has 0 aromatic carbocycles. The van der Waals surface area contributed by atoms with Crippen molar-refractivity contribution in [3.63, 3.8) is 0 Å². The molecule has 8 heteroatoms. The summed E-state index contributed by atoms with van der Waals surface area (Å²) in [6, 6.07) is 1.90. The van der Waals surface area contributed by atoms with Crippen molar-refractivity contribution >= 4 is 17.7 Å². The molecule has 140 valence electrons. The van der Waals surface area contributed by atoms with E-state index in [1.54, 1.807) is 0 Å². The minimum atomic E-state index is -0.578. The summed E-state index contributed by atoms with van der Waals surface area (Å²) in [6.07, 6.45) is 5.27. The van der Waals surface area contributed by atoms with Gasteiger partial charge in [-0.25, -0.2) is 9.97 Å². The second-order valence-electron chi connectivity index (χ2n) is 7.19. The predicted octanol–water partition coefficient (Wildman–Crippen LogP) is 0.805. The standard InChI is InChI=1S/C18H24N4O4/c23-16-10-14(18(26-16)3-1-2-4-18)17(24)19-11-13-9-15(21-12-20-13)22-5-7-25-8-6-22/h9,12,14H,1-8,10-11H2,(H,19,24). The number of aromatic nitrogens is 2. The number of rotatable bonds is 4. The summed E-state index contributed by atoms with van der Waals surface area (Å²) in [7, 11) is 0. The largest absolute Gasteiger partial charge is 0.458 e. The van der Waals surface area contributed by atoms with E-state index in [0.717, 1.165) is 50.3 Å². The van der Waals surface area contributed by atoms with Crippen LogP contribution in [0.2, 0.25) is 0 Å². The Kier molecular flexibility index (Phi) is 4.76. The zero-order chi connectivity index (χ0) is 18.0. The molecule has 3 heterocycles. The number of ether oxygens (including phenoxy) is 2. The Morgan fingerprint density at radius 3 is 2.81 bits per heavy atom. The number of esters is 1. The van der Waals surface area contributed by atoms with Crippen molar-refractivity contribution < 1.29 is 19.1 Å². The summed E-state index contributed by atoms with van der Waals surface area (Å²) in [5.74, 6) is 0.0743. The molecule has 1 aliphatic carbocycles. The number of hydrogen-bond donors (Lipinski definition) is 1. The van der Waals surface area contributed by atoms with Crippen LogP contribution in [0, 0.1) is 5.92 Å². The molecule has 1 spiro atoms. The highest BCUT2D eigenvalue weighted by atomic mass is 16.6. The second kappa shape index (κ2) is 7.19. The van der Waals surface area contributed by atoms with Gasteiger partial charge in [0.05, 0.1) is 37.8 Å². The van der Waals surface area contributed by atoms with Gasteiger partial charge in [-0.3, -0.25) is 9.59 Å². The Morgan fingerprint density at radius 1 is 1.27 bits per heavy atom. The molecule has 8 nitrogen and oxygen atoms in total. The SMILES string of the molecule is O=C1CC(C(=O)NCc2cc(N3CCOCC3)ncn2)C2(CCCC2)O1. The summed E-state index contributed by atoms with van der Waals surface area (Å²) in [5, 5.41) is 2.94. The van der Waals surface area contributed by atoms with Crippen LogP contribution in [0.15, 0.2) is 12.4 Å². The molecule has 0 bridgehead atoms. The molecule has 26 heavy (non-hydrogen) atoms. The third kappa shape index (κ3) is 3.38. The van der Waals surface area contributed by atoms with Gasteiger partial charge in [-0.1, -0.05) is 0 Å². The topological polar surface area (TPSA) is 93.7 Å². The molecular weight excluding hydrogens is 336 g/mol. The fourth-order valence-corrected chi connectivity index (χ4v) is 4.20. The molecule has 2 saturated heterocycles. The number of nitrogens with zero attached hydrogens (tertiary/aromatic N) is 3. The Morgan fingerprint density at radius 2 is 2.04 bits per heavy atom. The zero-order valence-corrected chi connectivity index (χ0v) is 14.8. The van der Waals surface area contributed by atoms with Crippen LogP contribution in [0.5, 0.6) is 0 Å². The molecule has 1 amide bonds. The molecule has 1 aromatic heterocycles. The molecule has 0 radical (unpaired) electrons. The van der Waals surface area contributed by atoms with E-state index in [1.165, 1.54) is 6.33 Å². The van der Waals surface area contributed by atoms with Crippen LogP contribution in [0.1, 0.15) is 37.8 Å². The maximum Gasteiger partial charge on any atom is 0.307 e. The number of amides is 1. The summed E-state index contributed by atoms with van der Waals surface area (Å²) in [5.41, 5.74) is 0.173. The van der Waals surface area contributed by atoms with Gasteiger partial charge in [-0.2, -0.15) is 0 Å². The first-order chi connectivity index (χ1) is 12.7. The summed E-state index contributed by atoms with van der Waals surface area (Å²) < 4.78 is 10.9. The Bertz CT molecular complexity index is 684. The third-order valence-electron chi connectivity index (χ3n) is 5.58. The van der Waals surface area contributed by atoms with E-state index in [4.69, 9.17) is 9.47 Å². The Balaban J connectivity index is 1.39. The maximum atomic E-state index is 12.7. The van der Waals surface area contributed by atoms with E-state index in [1.807, 2.05) is 6.07 Å². The Labute approximate surface area is 152 Å². The second-order valence-corrected chi connectivity index (χ2v) is 7.19. The highest BCUT2D eigenvalue weighted by Gasteiger charge is 2.53. The molecule has 1 saturated carbocycles.